The van der Waals surface area contributed by atoms with Gasteiger partial charge in [0.15, 0.2) is 6.61 Å². The number of amides is 1. The van der Waals surface area contributed by atoms with Crippen molar-refractivity contribution >= 4 is 27.6 Å². The summed E-state index contributed by atoms with van der Waals surface area (Å²) in [5.41, 5.74) is 0.554. The summed E-state index contributed by atoms with van der Waals surface area (Å²) >= 11 is 0. The zero-order chi connectivity index (χ0) is 20.7. The second-order valence-corrected chi connectivity index (χ2v) is 7.87. The molecule has 2 aromatic carbocycles. The third kappa shape index (κ3) is 6.07. The van der Waals surface area contributed by atoms with Gasteiger partial charge in [0.25, 0.3) is 5.91 Å². The van der Waals surface area contributed by atoms with Crippen LogP contribution in [0.3, 0.4) is 0 Å². The van der Waals surface area contributed by atoms with E-state index in [0.717, 1.165) is 0 Å². The molecule has 2 N–H and O–H groups in total. The van der Waals surface area contributed by atoms with E-state index in [1.807, 2.05) is 0 Å². The van der Waals surface area contributed by atoms with Gasteiger partial charge < -0.3 is 14.8 Å². The number of esters is 1. The maximum absolute atomic E-state index is 12.2. The largest absolute Gasteiger partial charge is 0.497 e. The number of rotatable bonds is 8. The van der Waals surface area contributed by atoms with Crippen molar-refractivity contribution < 1.29 is 27.5 Å². The van der Waals surface area contributed by atoms with Gasteiger partial charge in [-0.05, 0) is 56.3 Å². The molecule has 0 aliphatic heterocycles. The van der Waals surface area contributed by atoms with Gasteiger partial charge in [-0.3, -0.25) is 4.79 Å². The van der Waals surface area contributed by atoms with E-state index in [4.69, 9.17) is 9.47 Å². The van der Waals surface area contributed by atoms with Gasteiger partial charge in [-0.2, -0.15) is 0 Å². The molecular formula is C19H22N2O6S. The molecule has 0 heterocycles. The van der Waals surface area contributed by atoms with E-state index in [0.29, 0.717) is 11.4 Å². The van der Waals surface area contributed by atoms with Crippen molar-refractivity contribution in [1.82, 2.24) is 4.72 Å². The number of benzene rings is 2. The molecule has 0 saturated heterocycles. The second kappa shape index (κ2) is 9.34. The number of hydrogen-bond acceptors (Lipinski definition) is 6. The Bertz CT molecular complexity index is 939. The molecule has 0 unspecified atom stereocenters. The lowest BCUT2D eigenvalue weighted by Gasteiger charge is -2.11. The predicted molar refractivity (Wildman–Crippen MR) is 104 cm³/mol. The van der Waals surface area contributed by atoms with Crippen LogP contribution in [0.1, 0.15) is 24.2 Å². The van der Waals surface area contributed by atoms with Crippen LogP contribution in [0.4, 0.5) is 5.69 Å². The van der Waals surface area contributed by atoms with E-state index < -0.39 is 28.5 Å². The second-order valence-electron chi connectivity index (χ2n) is 6.16. The fourth-order valence-electron chi connectivity index (χ4n) is 2.25. The average molecular weight is 406 g/mol. The highest BCUT2D eigenvalue weighted by Crippen LogP contribution is 2.15. The lowest BCUT2D eigenvalue weighted by molar-refractivity contribution is -0.119. The number of nitrogens with one attached hydrogen (secondary N) is 2. The molecule has 0 bridgehead atoms. The van der Waals surface area contributed by atoms with Crippen molar-refractivity contribution in [3.63, 3.8) is 0 Å². The Hall–Kier alpha value is -2.91. The standard InChI is InChI=1S/C19H22N2O6S/c1-13(2)21-28(24,25)17-6-4-5-14(11-17)19(23)27-12-18(22)20-15-7-9-16(26-3)10-8-15/h4-11,13,21H,12H2,1-3H3,(H,20,22). The van der Waals surface area contributed by atoms with Gasteiger partial charge in [-0.15, -0.1) is 0 Å². The maximum Gasteiger partial charge on any atom is 0.338 e. The summed E-state index contributed by atoms with van der Waals surface area (Å²) < 4.78 is 36.8. The molecule has 0 atom stereocenters. The smallest absolute Gasteiger partial charge is 0.338 e. The number of methoxy groups -OCH3 is 1. The fraction of sp³-hybridized carbons (Fsp3) is 0.263. The summed E-state index contributed by atoms with van der Waals surface area (Å²) in [6.07, 6.45) is 0. The summed E-state index contributed by atoms with van der Waals surface area (Å²) in [5, 5.41) is 2.58. The van der Waals surface area contributed by atoms with Gasteiger partial charge >= 0.3 is 5.97 Å². The average Bonchev–Trinajstić information content (AvgIpc) is 2.66. The van der Waals surface area contributed by atoms with E-state index in [9.17, 15) is 18.0 Å². The van der Waals surface area contributed by atoms with Crippen molar-refractivity contribution in [1.29, 1.82) is 0 Å². The Morgan fingerprint density at radius 3 is 2.36 bits per heavy atom. The summed E-state index contributed by atoms with van der Waals surface area (Å²) in [6, 6.07) is 11.8. The van der Waals surface area contributed by atoms with Crippen LogP contribution < -0.4 is 14.8 Å². The van der Waals surface area contributed by atoms with Gasteiger partial charge in [0.1, 0.15) is 5.75 Å². The molecule has 0 aromatic heterocycles. The first-order chi connectivity index (χ1) is 13.2. The summed E-state index contributed by atoms with van der Waals surface area (Å²) in [4.78, 5) is 24.0. The molecule has 9 heteroatoms. The molecule has 0 spiro atoms. The normalized spacial score (nSPS) is 11.1. The van der Waals surface area contributed by atoms with Crippen LogP contribution in [0.25, 0.3) is 0 Å². The monoisotopic (exact) mass is 406 g/mol. The van der Waals surface area contributed by atoms with Gasteiger partial charge in [0, 0.05) is 11.7 Å². The quantitative estimate of drug-likeness (QED) is 0.650. The summed E-state index contributed by atoms with van der Waals surface area (Å²) in [6.45, 7) is 2.88. The van der Waals surface area contributed by atoms with Gasteiger partial charge in [-0.1, -0.05) is 6.07 Å². The zero-order valence-electron chi connectivity index (χ0n) is 15.8. The number of sulfonamides is 1. The third-order valence-corrected chi connectivity index (χ3v) is 5.14. The number of carbonyl (C=O) groups excluding carboxylic acids is 2. The topological polar surface area (TPSA) is 111 Å². The lowest BCUT2D eigenvalue weighted by Crippen LogP contribution is -2.30. The lowest BCUT2D eigenvalue weighted by atomic mass is 10.2. The molecule has 1 amide bonds. The Morgan fingerprint density at radius 2 is 1.75 bits per heavy atom. The molecule has 8 nitrogen and oxygen atoms in total. The van der Waals surface area contributed by atoms with Crippen molar-refractivity contribution in [2.24, 2.45) is 0 Å². The third-order valence-electron chi connectivity index (χ3n) is 3.48. The van der Waals surface area contributed by atoms with Crippen molar-refractivity contribution in [2.45, 2.75) is 24.8 Å². The van der Waals surface area contributed by atoms with E-state index >= 15 is 0 Å². The fourth-order valence-corrected chi connectivity index (χ4v) is 3.55. The van der Waals surface area contributed by atoms with Gasteiger partial charge in [0.05, 0.1) is 17.6 Å². The highest BCUT2D eigenvalue weighted by atomic mass is 32.2. The molecule has 0 fully saturated rings. The molecule has 0 aliphatic rings. The van der Waals surface area contributed by atoms with Crippen LogP contribution in [-0.2, 0) is 19.6 Å². The summed E-state index contributed by atoms with van der Waals surface area (Å²) in [5.74, 6) is -0.679. The first-order valence-electron chi connectivity index (χ1n) is 8.44. The first-order valence-corrected chi connectivity index (χ1v) is 9.93. The molecule has 0 radical (unpaired) electrons. The van der Waals surface area contributed by atoms with Crippen LogP contribution in [0, 0.1) is 0 Å². The van der Waals surface area contributed by atoms with Crippen molar-refractivity contribution in [2.75, 3.05) is 19.0 Å². The van der Waals surface area contributed by atoms with Crippen LogP contribution >= 0.6 is 0 Å². The number of hydrogen-bond donors (Lipinski definition) is 2. The number of ether oxygens (including phenoxy) is 2. The van der Waals surface area contributed by atoms with Crippen LogP contribution in [0.15, 0.2) is 53.4 Å². The van der Waals surface area contributed by atoms with E-state index in [1.54, 1.807) is 38.1 Å². The molecule has 150 valence electrons. The van der Waals surface area contributed by atoms with Gasteiger partial charge in [-0.25, -0.2) is 17.9 Å². The number of carbonyl (C=O) groups is 2. The predicted octanol–water partition coefficient (Wildman–Crippen LogP) is 2.18. The van der Waals surface area contributed by atoms with Crippen molar-refractivity contribution in [3.8, 4) is 5.75 Å². The molecular weight excluding hydrogens is 384 g/mol. The summed E-state index contributed by atoms with van der Waals surface area (Å²) in [7, 11) is -2.21. The van der Waals surface area contributed by atoms with Gasteiger partial charge in [0.2, 0.25) is 10.0 Å². The van der Waals surface area contributed by atoms with E-state index in [1.165, 1.54) is 31.4 Å². The minimum Gasteiger partial charge on any atom is -0.497 e. The Morgan fingerprint density at radius 1 is 1.07 bits per heavy atom. The zero-order valence-corrected chi connectivity index (χ0v) is 16.6. The van der Waals surface area contributed by atoms with E-state index in [2.05, 4.69) is 10.0 Å². The maximum atomic E-state index is 12.2. The Kier molecular flexibility index (Phi) is 7.13. The first kappa shape index (κ1) is 21.4. The molecule has 28 heavy (non-hydrogen) atoms. The van der Waals surface area contributed by atoms with Crippen molar-refractivity contribution in [3.05, 3.63) is 54.1 Å². The van der Waals surface area contributed by atoms with Crippen LogP contribution in [0.2, 0.25) is 0 Å². The molecule has 2 rings (SSSR count). The Labute approximate surface area is 163 Å². The minimum atomic E-state index is -3.74. The van der Waals surface area contributed by atoms with Crippen LogP contribution in [-0.4, -0.2) is 40.1 Å². The Balaban J connectivity index is 1.97. The highest BCUT2D eigenvalue weighted by molar-refractivity contribution is 7.89. The molecule has 0 aliphatic carbocycles. The highest BCUT2D eigenvalue weighted by Gasteiger charge is 2.18. The van der Waals surface area contributed by atoms with Crippen LogP contribution in [0.5, 0.6) is 5.75 Å². The molecule has 2 aromatic rings. The number of anilines is 1. The van der Waals surface area contributed by atoms with E-state index in [-0.39, 0.29) is 16.5 Å². The molecule has 0 saturated carbocycles. The minimum absolute atomic E-state index is 0.0314. The SMILES string of the molecule is COc1ccc(NC(=O)COC(=O)c2cccc(S(=O)(=O)NC(C)C)c2)cc1.